The van der Waals surface area contributed by atoms with Crippen LogP contribution in [-0.4, -0.2) is 19.6 Å². The summed E-state index contributed by atoms with van der Waals surface area (Å²) in [6.07, 6.45) is 3.20. The zero-order valence-corrected chi connectivity index (χ0v) is 11.1. The summed E-state index contributed by atoms with van der Waals surface area (Å²) in [7, 11) is 1.69. The van der Waals surface area contributed by atoms with E-state index in [0.29, 0.717) is 6.54 Å². The van der Waals surface area contributed by atoms with E-state index in [1.807, 2.05) is 12.1 Å². The van der Waals surface area contributed by atoms with E-state index in [0.717, 1.165) is 18.4 Å². The number of carbonyl (C=O) groups is 1. The standard InChI is InChI=1S/C15H21NO2/c1-11-6-3-4-9-13(11)14(18-2)10-16-15(17)12-7-5-8-12/h3-4,6,9,12,14H,5,7-8,10H2,1-2H3,(H,16,17). The van der Waals surface area contributed by atoms with Crippen LogP contribution >= 0.6 is 0 Å². The van der Waals surface area contributed by atoms with Gasteiger partial charge in [0.2, 0.25) is 5.91 Å². The van der Waals surface area contributed by atoms with Crippen molar-refractivity contribution in [3.8, 4) is 0 Å². The van der Waals surface area contributed by atoms with Crippen LogP contribution in [-0.2, 0) is 9.53 Å². The Kier molecular flexibility index (Phi) is 4.37. The highest BCUT2D eigenvalue weighted by molar-refractivity contribution is 5.79. The number of aryl methyl sites for hydroxylation is 1. The average Bonchev–Trinajstić information content (AvgIpc) is 2.29. The molecule has 18 heavy (non-hydrogen) atoms. The Labute approximate surface area is 109 Å². The molecule has 0 aromatic heterocycles. The van der Waals surface area contributed by atoms with Gasteiger partial charge in [-0.2, -0.15) is 0 Å². The first-order valence-corrected chi connectivity index (χ1v) is 6.58. The van der Waals surface area contributed by atoms with Gasteiger partial charge < -0.3 is 10.1 Å². The first-order valence-electron chi connectivity index (χ1n) is 6.58. The van der Waals surface area contributed by atoms with Gasteiger partial charge >= 0.3 is 0 Å². The molecular formula is C15H21NO2. The van der Waals surface area contributed by atoms with Crippen molar-refractivity contribution in [3.05, 3.63) is 35.4 Å². The predicted molar refractivity (Wildman–Crippen MR) is 71.3 cm³/mol. The molecule has 1 N–H and O–H groups in total. The van der Waals surface area contributed by atoms with Gasteiger partial charge in [-0.1, -0.05) is 30.7 Å². The maximum atomic E-state index is 11.8. The van der Waals surface area contributed by atoms with Crippen molar-refractivity contribution in [2.75, 3.05) is 13.7 Å². The minimum atomic E-state index is -0.0600. The zero-order valence-electron chi connectivity index (χ0n) is 11.1. The normalized spacial score (nSPS) is 17.0. The predicted octanol–water partition coefficient (Wildman–Crippen LogP) is 2.60. The second kappa shape index (κ2) is 6.01. The summed E-state index contributed by atoms with van der Waals surface area (Å²) >= 11 is 0. The minimum absolute atomic E-state index is 0.0600. The van der Waals surface area contributed by atoms with E-state index >= 15 is 0 Å². The fraction of sp³-hybridized carbons (Fsp3) is 0.533. The van der Waals surface area contributed by atoms with Gasteiger partial charge in [-0.3, -0.25) is 4.79 Å². The van der Waals surface area contributed by atoms with Crippen LogP contribution in [0.25, 0.3) is 0 Å². The Hall–Kier alpha value is -1.35. The highest BCUT2D eigenvalue weighted by atomic mass is 16.5. The van der Waals surface area contributed by atoms with Gasteiger partial charge in [-0.05, 0) is 30.9 Å². The molecule has 0 radical (unpaired) electrons. The third kappa shape index (κ3) is 2.91. The van der Waals surface area contributed by atoms with Gasteiger partial charge in [-0.15, -0.1) is 0 Å². The number of nitrogens with one attached hydrogen (secondary N) is 1. The number of methoxy groups -OCH3 is 1. The molecule has 2 rings (SSSR count). The Morgan fingerprint density at radius 2 is 2.17 bits per heavy atom. The van der Waals surface area contributed by atoms with Crippen LogP contribution in [0.5, 0.6) is 0 Å². The van der Waals surface area contributed by atoms with E-state index in [4.69, 9.17) is 4.74 Å². The molecular weight excluding hydrogens is 226 g/mol. The largest absolute Gasteiger partial charge is 0.375 e. The molecule has 1 aliphatic carbocycles. The quantitative estimate of drug-likeness (QED) is 0.868. The SMILES string of the molecule is COC(CNC(=O)C1CCC1)c1ccccc1C. The molecule has 98 valence electrons. The molecule has 0 saturated heterocycles. The van der Waals surface area contributed by atoms with Crippen molar-refractivity contribution >= 4 is 5.91 Å². The van der Waals surface area contributed by atoms with Gasteiger partial charge in [0.25, 0.3) is 0 Å². The molecule has 1 unspecified atom stereocenters. The van der Waals surface area contributed by atoms with Gasteiger partial charge in [-0.25, -0.2) is 0 Å². The van der Waals surface area contributed by atoms with E-state index in [1.165, 1.54) is 12.0 Å². The van der Waals surface area contributed by atoms with E-state index < -0.39 is 0 Å². The van der Waals surface area contributed by atoms with Crippen LogP contribution in [0.1, 0.15) is 36.5 Å². The first-order chi connectivity index (χ1) is 8.72. The molecule has 1 aliphatic rings. The molecule has 1 fully saturated rings. The third-order valence-corrected chi connectivity index (χ3v) is 3.76. The summed E-state index contributed by atoms with van der Waals surface area (Å²) in [5.74, 6) is 0.413. The number of ether oxygens (including phenoxy) is 1. The number of benzene rings is 1. The lowest BCUT2D eigenvalue weighted by Gasteiger charge is -2.25. The first kappa shape index (κ1) is 13.1. The van der Waals surface area contributed by atoms with Crippen molar-refractivity contribution in [2.45, 2.75) is 32.3 Å². The van der Waals surface area contributed by atoms with Crippen molar-refractivity contribution < 1.29 is 9.53 Å². The van der Waals surface area contributed by atoms with Crippen LogP contribution < -0.4 is 5.32 Å². The molecule has 0 spiro atoms. The van der Waals surface area contributed by atoms with Crippen molar-refractivity contribution in [1.29, 1.82) is 0 Å². The molecule has 1 saturated carbocycles. The van der Waals surface area contributed by atoms with Crippen molar-refractivity contribution in [2.24, 2.45) is 5.92 Å². The van der Waals surface area contributed by atoms with Crippen LogP contribution in [0.15, 0.2) is 24.3 Å². The maximum absolute atomic E-state index is 11.8. The molecule has 0 bridgehead atoms. The van der Waals surface area contributed by atoms with Gasteiger partial charge in [0.15, 0.2) is 0 Å². The number of hydrogen-bond acceptors (Lipinski definition) is 2. The number of carbonyl (C=O) groups excluding carboxylic acids is 1. The summed E-state index contributed by atoms with van der Waals surface area (Å²) in [4.78, 5) is 11.8. The second-order valence-corrected chi connectivity index (χ2v) is 4.95. The van der Waals surface area contributed by atoms with Crippen LogP contribution in [0.3, 0.4) is 0 Å². The Morgan fingerprint density at radius 3 is 2.72 bits per heavy atom. The minimum Gasteiger partial charge on any atom is -0.375 e. The third-order valence-electron chi connectivity index (χ3n) is 3.76. The summed E-state index contributed by atoms with van der Waals surface area (Å²) in [5, 5.41) is 3.00. The highest BCUT2D eigenvalue weighted by Gasteiger charge is 2.25. The van der Waals surface area contributed by atoms with Crippen molar-refractivity contribution in [3.63, 3.8) is 0 Å². The van der Waals surface area contributed by atoms with Gasteiger partial charge in [0.1, 0.15) is 0 Å². The molecule has 3 heteroatoms. The molecule has 3 nitrogen and oxygen atoms in total. The van der Waals surface area contributed by atoms with E-state index in [2.05, 4.69) is 24.4 Å². The lowest BCUT2D eigenvalue weighted by Crippen LogP contribution is -2.37. The lowest BCUT2D eigenvalue weighted by atomic mass is 9.85. The molecule has 1 amide bonds. The summed E-state index contributed by atoms with van der Waals surface area (Å²) in [5.41, 5.74) is 2.34. The Balaban J connectivity index is 1.93. The topological polar surface area (TPSA) is 38.3 Å². The molecule has 1 aromatic carbocycles. The van der Waals surface area contributed by atoms with E-state index in [-0.39, 0.29) is 17.9 Å². The fourth-order valence-corrected chi connectivity index (χ4v) is 2.28. The van der Waals surface area contributed by atoms with Gasteiger partial charge in [0.05, 0.1) is 6.10 Å². The monoisotopic (exact) mass is 247 g/mol. The molecule has 0 aliphatic heterocycles. The fourth-order valence-electron chi connectivity index (χ4n) is 2.28. The zero-order chi connectivity index (χ0) is 13.0. The van der Waals surface area contributed by atoms with Crippen molar-refractivity contribution in [1.82, 2.24) is 5.32 Å². The Morgan fingerprint density at radius 1 is 1.44 bits per heavy atom. The smallest absolute Gasteiger partial charge is 0.223 e. The molecule has 0 heterocycles. The van der Waals surface area contributed by atoms with E-state index in [1.54, 1.807) is 7.11 Å². The van der Waals surface area contributed by atoms with Crippen LogP contribution in [0, 0.1) is 12.8 Å². The highest BCUT2D eigenvalue weighted by Crippen LogP contribution is 2.26. The second-order valence-electron chi connectivity index (χ2n) is 4.95. The maximum Gasteiger partial charge on any atom is 0.223 e. The summed E-state index contributed by atoms with van der Waals surface area (Å²) in [6, 6.07) is 8.13. The van der Waals surface area contributed by atoms with E-state index in [9.17, 15) is 4.79 Å². The number of amides is 1. The van der Waals surface area contributed by atoms with Crippen LogP contribution in [0.2, 0.25) is 0 Å². The lowest BCUT2D eigenvalue weighted by molar-refractivity contribution is -0.127. The Bertz CT molecular complexity index is 413. The molecule has 1 aromatic rings. The van der Waals surface area contributed by atoms with Gasteiger partial charge in [0, 0.05) is 19.6 Å². The number of hydrogen-bond donors (Lipinski definition) is 1. The van der Waals surface area contributed by atoms with Crippen LogP contribution in [0.4, 0.5) is 0 Å². The summed E-state index contributed by atoms with van der Waals surface area (Å²) < 4.78 is 5.48. The summed E-state index contributed by atoms with van der Waals surface area (Å²) in [6.45, 7) is 2.62. The molecule has 1 atom stereocenters. The average molecular weight is 247 g/mol. The number of rotatable bonds is 5.